The summed E-state index contributed by atoms with van der Waals surface area (Å²) in [5, 5.41) is 20.6. The fourth-order valence-corrected chi connectivity index (χ4v) is 9.13. The number of H-pyrrole nitrogens is 2. The third kappa shape index (κ3) is 13.6. The van der Waals surface area contributed by atoms with Crippen molar-refractivity contribution in [2.75, 3.05) is 62.2 Å². The Hall–Kier alpha value is -6.24. The van der Waals surface area contributed by atoms with Crippen LogP contribution in [0.25, 0.3) is 21.8 Å². The standard InChI is InChI=1S/C25H25Cl2N5O3.C14H18ClN3O.C11H9ClN2O3/c26-18-3-1-2-17-23(18)29-21(30-25(17)35)8-9-22(33)32-12-10-31(11-13-32)20-7-4-15(14-19(20)27)24(34)28-16-5-6-16;15-12-9-10(14(19)17-11-2-3-11)1-4-13(12)18-7-5-16-6-8-18;12-7-3-1-2-6-10(7)13-8(14-11(6)17)4-5-9(15)16/h1-4,7,14,16H,5-6,8-13H2,(H,28,34)(H,29,30,35);1,4,9,11,16H,2-3,5-8H2,(H,17,19);1-3H,4-5H2,(H,15,16)(H,13,14,17). The number of hydrogen-bond acceptors (Lipinski definition) is 11. The van der Waals surface area contributed by atoms with E-state index in [0.29, 0.717) is 109 Å². The molecular weight excluding hydrogens is 994 g/mol. The molecule has 2 aliphatic heterocycles. The number of halogens is 4. The second-order valence-electron chi connectivity index (χ2n) is 17.6. The first-order valence-electron chi connectivity index (χ1n) is 23.5. The number of benzene rings is 4. The molecule has 4 fully saturated rings. The molecule has 0 bridgehead atoms. The predicted octanol–water partition coefficient (Wildman–Crippen LogP) is 6.64. The Bertz CT molecular complexity index is 3080. The van der Waals surface area contributed by atoms with Gasteiger partial charge in [-0.3, -0.25) is 28.8 Å². The lowest BCUT2D eigenvalue weighted by molar-refractivity contribution is -0.137. The van der Waals surface area contributed by atoms with Crippen molar-refractivity contribution in [2.24, 2.45) is 0 Å². The second-order valence-corrected chi connectivity index (χ2v) is 19.3. The Balaban J connectivity index is 0.000000158. The van der Waals surface area contributed by atoms with Gasteiger partial charge in [0.1, 0.15) is 11.6 Å². The minimum atomic E-state index is -0.938. The van der Waals surface area contributed by atoms with Crippen LogP contribution in [0.2, 0.25) is 20.1 Å². The van der Waals surface area contributed by atoms with Crippen molar-refractivity contribution in [2.45, 2.75) is 63.5 Å². The third-order valence-electron chi connectivity index (χ3n) is 12.3. The summed E-state index contributed by atoms with van der Waals surface area (Å²) in [6, 6.07) is 21.6. The van der Waals surface area contributed by atoms with Gasteiger partial charge in [-0.15, -0.1) is 0 Å². The molecule has 21 heteroatoms. The molecule has 6 aromatic rings. The van der Waals surface area contributed by atoms with Crippen LogP contribution in [0.15, 0.2) is 82.4 Å². The van der Waals surface area contributed by atoms with E-state index in [1.54, 1.807) is 54.6 Å². The monoisotopic (exact) mass is 1040 g/mol. The lowest BCUT2D eigenvalue weighted by atomic mass is 10.1. The van der Waals surface area contributed by atoms with E-state index in [2.05, 4.69) is 45.7 Å². The Kier molecular flexibility index (Phi) is 16.8. The second kappa shape index (κ2) is 23.3. The van der Waals surface area contributed by atoms with E-state index in [4.69, 9.17) is 51.5 Å². The maximum Gasteiger partial charge on any atom is 0.303 e. The van der Waals surface area contributed by atoms with Gasteiger partial charge in [0, 0.05) is 94.8 Å². The number of nitrogens with zero attached hydrogens (tertiary/aromatic N) is 5. The molecule has 2 saturated carbocycles. The molecule has 372 valence electrons. The first-order valence-corrected chi connectivity index (χ1v) is 25.0. The van der Waals surface area contributed by atoms with Gasteiger partial charge in [-0.05, 0) is 86.3 Å². The molecule has 2 aromatic heterocycles. The van der Waals surface area contributed by atoms with Gasteiger partial charge in [0.05, 0.1) is 59.7 Å². The molecule has 71 heavy (non-hydrogen) atoms. The summed E-state index contributed by atoms with van der Waals surface area (Å²) in [5.41, 5.74) is 3.36. The van der Waals surface area contributed by atoms with Crippen molar-refractivity contribution in [3.8, 4) is 0 Å². The van der Waals surface area contributed by atoms with Crippen LogP contribution in [0.4, 0.5) is 11.4 Å². The van der Waals surface area contributed by atoms with Crippen molar-refractivity contribution >= 4 is 103 Å². The maximum absolute atomic E-state index is 12.8. The largest absolute Gasteiger partial charge is 0.481 e. The highest BCUT2D eigenvalue weighted by molar-refractivity contribution is 6.35. The van der Waals surface area contributed by atoms with Gasteiger partial charge >= 0.3 is 5.97 Å². The summed E-state index contributed by atoms with van der Waals surface area (Å²) in [4.78, 5) is 91.5. The van der Waals surface area contributed by atoms with Crippen LogP contribution < -0.4 is 36.9 Å². The summed E-state index contributed by atoms with van der Waals surface area (Å²) in [5.74, 6) is -0.271. The normalized spacial score (nSPS) is 15.6. The zero-order valence-electron chi connectivity index (χ0n) is 38.5. The summed E-state index contributed by atoms with van der Waals surface area (Å²) in [6.45, 7) is 6.25. The fraction of sp³-hybridized carbons (Fsp3) is 0.360. The number of nitrogens with one attached hydrogen (secondary N) is 5. The van der Waals surface area contributed by atoms with Gasteiger partial charge in [-0.2, -0.15) is 0 Å². The highest BCUT2D eigenvalue weighted by atomic mass is 35.5. The number of aryl methyl sites for hydroxylation is 2. The predicted molar refractivity (Wildman–Crippen MR) is 277 cm³/mol. The number of fused-ring (bicyclic) bond motifs is 2. The quantitative estimate of drug-likeness (QED) is 0.0759. The number of carbonyl (C=O) groups is 4. The van der Waals surface area contributed by atoms with Crippen LogP contribution in [-0.4, -0.2) is 118 Å². The number of aliphatic carboxylic acids is 1. The number of carbonyl (C=O) groups excluding carboxylic acids is 3. The highest BCUT2D eigenvalue weighted by Gasteiger charge is 2.27. The van der Waals surface area contributed by atoms with Gasteiger partial charge in [0.2, 0.25) is 5.91 Å². The van der Waals surface area contributed by atoms with Crippen molar-refractivity contribution in [3.63, 3.8) is 0 Å². The van der Waals surface area contributed by atoms with E-state index < -0.39 is 5.97 Å². The summed E-state index contributed by atoms with van der Waals surface area (Å²) < 4.78 is 0. The Morgan fingerprint density at radius 2 is 1.04 bits per heavy atom. The van der Waals surface area contributed by atoms with Crippen molar-refractivity contribution in [3.05, 3.63) is 136 Å². The van der Waals surface area contributed by atoms with E-state index in [0.717, 1.165) is 63.2 Å². The number of anilines is 2. The number of hydrogen-bond donors (Lipinski definition) is 6. The van der Waals surface area contributed by atoms with Gasteiger partial charge in [0.15, 0.2) is 0 Å². The average Bonchev–Trinajstić information content (AvgIpc) is 4.32. The van der Waals surface area contributed by atoms with Crippen LogP contribution in [0.1, 0.15) is 70.9 Å². The zero-order valence-corrected chi connectivity index (χ0v) is 41.6. The van der Waals surface area contributed by atoms with Crippen molar-refractivity contribution in [1.29, 1.82) is 0 Å². The smallest absolute Gasteiger partial charge is 0.303 e. The molecule has 2 aliphatic carbocycles. The number of carboxylic acid groups (broad SMARTS) is 1. The summed E-state index contributed by atoms with van der Waals surface area (Å²) in [7, 11) is 0. The minimum absolute atomic E-state index is 0.00439. The topological polar surface area (TPSA) is 226 Å². The molecule has 0 spiro atoms. The van der Waals surface area contributed by atoms with E-state index in [-0.39, 0.29) is 48.1 Å². The van der Waals surface area contributed by atoms with Crippen LogP contribution >= 0.6 is 46.4 Å². The number of amides is 3. The fourth-order valence-electron chi connectivity index (χ4n) is 8.10. The zero-order chi connectivity index (χ0) is 50.2. The number of aromatic amines is 2. The average molecular weight is 1050 g/mol. The van der Waals surface area contributed by atoms with Crippen LogP contribution in [0, 0.1) is 0 Å². The molecular formula is C50H52Cl4N10O7. The molecule has 10 rings (SSSR count). The number of piperazine rings is 2. The van der Waals surface area contributed by atoms with Gasteiger partial charge in [-0.1, -0.05) is 58.5 Å². The van der Waals surface area contributed by atoms with Gasteiger partial charge in [-0.25, -0.2) is 9.97 Å². The molecule has 4 aromatic carbocycles. The Morgan fingerprint density at radius 3 is 1.48 bits per heavy atom. The van der Waals surface area contributed by atoms with Crippen LogP contribution in [-0.2, 0) is 22.4 Å². The highest BCUT2D eigenvalue weighted by Crippen LogP contribution is 2.30. The summed E-state index contributed by atoms with van der Waals surface area (Å²) >= 11 is 24.9. The van der Waals surface area contributed by atoms with Crippen LogP contribution in [0.3, 0.4) is 0 Å². The molecule has 4 heterocycles. The van der Waals surface area contributed by atoms with Gasteiger partial charge in [0.25, 0.3) is 22.9 Å². The number of rotatable bonds is 12. The Labute approximate surface area is 428 Å². The third-order valence-corrected chi connectivity index (χ3v) is 13.5. The minimum Gasteiger partial charge on any atom is -0.481 e. The lowest BCUT2D eigenvalue weighted by Gasteiger charge is -2.36. The number of aromatic nitrogens is 4. The number of para-hydroxylation sites is 2. The molecule has 0 atom stereocenters. The van der Waals surface area contributed by atoms with E-state index in [9.17, 15) is 28.8 Å². The molecule has 0 unspecified atom stereocenters. The molecule has 2 saturated heterocycles. The van der Waals surface area contributed by atoms with E-state index in [1.807, 2.05) is 23.1 Å². The Morgan fingerprint density at radius 1 is 0.592 bits per heavy atom. The lowest BCUT2D eigenvalue weighted by Crippen LogP contribution is -2.49. The molecule has 6 N–H and O–H groups in total. The SMILES string of the molecule is O=C(NC1CC1)c1ccc(N2CCN(C(=O)CCc3nc4c(Cl)cccc4c(=O)[nH]3)CC2)c(Cl)c1.O=C(NC1CC1)c1ccc(N2CCNCC2)c(Cl)c1.O=C(O)CCc1nc2c(Cl)cccc2c(=O)[nH]1. The molecule has 0 radical (unpaired) electrons. The summed E-state index contributed by atoms with van der Waals surface area (Å²) in [6.07, 6.45) is 4.91. The molecule has 4 aliphatic rings. The van der Waals surface area contributed by atoms with Crippen molar-refractivity contribution in [1.82, 2.24) is 40.8 Å². The van der Waals surface area contributed by atoms with Crippen molar-refractivity contribution < 1.29 is 24.3 Å². The number of carboxylic acids is 1. The maximum atomic E-state index is 12.8. The molecule has 3 amide bonds. The van der Waals surface area contributed by atoms with Gasteiger partial charge < -0.3 is 45.7 Å². The first kappa shape index (κ1) is 51.1. The first-order chi connectivity index (χ1) is 34.2. The van der Waals surface area contributed by atoms with E-state index in [1.165, 1.54) is 0 Å². The van der Waals surface area contributed by atoms with E-state index >= 15 is 0 Å². The van der Waals surface area contributed by atoms with Crippen LogP contribution in [0.5, 0.6) is 0 Å². The molecule has 17 nitrogen and oxygen atoms in total.